The maximum absolute atomic E-state index is 12.7. The first-order chi connectivity index (χ1) is 14.7. The fourth-order valence-electron chi connectivity index (χ4n) is 3.40. The molecule has 1 aliphatic heterocycles. The molecule has 12 heteroatoms. The quantitative estimate of drug-likeness (QED) is 0.321. The minimum atomic E-state index is -1.06. The second-order valence-electron chi connectivity index (χ2n) is 7.53. The molecule has 3 rings (SSSR count). The van der Waals surface area contributed by atoms with Gasteiger partial charge in [0.1, 0.15) is 0 Å². The van der Waals surface area contributed by atoms with E-state index in [4.69, 9.17) is 18.9 Å². The molecule has 1 amide bonds. The third kappa shape index (κ3) is 5.73. The third-order valence-corrected chi connectivity index (χ3v) is 5.89. The van der Waals surface area contributed by atoms with Crippen LogP contribution < -0.4 is 11.0 Å². The summed E-state index contributed by atoms with van der Waals surface area (Å²) >= 11 is 1.90. The van der Waals surface area contributed by atoms with E-state index in [0.29, 0.717) is 16.1 Å². The summed E-state index contributed by atoms with van der Waals surface area (Å²) in [5, 5.41) is 2.47. The Morgan fingerprint density at radius 2 is 1.87 bits per heavy atom. The van der Waals surface area contributed by atoms with Crippen molar-refractivity contribution in [1.29, 1.82) is 0 Å². The molecule has 0 bridgehead atoms. The van der Waals surface area contributed by atoms with Gasteiger partial charge in [0.15, 0.2) is 24.3 Å². The van der Waals surface area contributed by atoms with Crippen LogP contribution >= 0.6 is 22.6 Å². The van der Waals surface area contributed by atoms with Gasteiger partial charge >= 0.3 is 23.7 Å². The van der Waals surface area contributed by atoms with Crippen molar-refractivity contribution >= 4 is 46.4 Å². The highest BCUT2D eigenvalue weighted by Crippen LogP contribution is 2.33. The SMILES string of the molecule is CC(=O)O[C@@H]1[C@H](OC(C)=O)[C@@H](C)O[C@H]1n1cc(I)c(NC(=O)OCC2CCC2)nc1=O. The number of carbonyl (C=O) groups excluding carboxylic acids is 3. The van der Waals surface area contributed by atoms with Crippen molar-refractivity contribution in [3.05, 3.63) is 20.3 Å². The molecule has 1 N–H and O–H groups in total. The summed E-state index contributed by atoms with van der Waals surface area (Å²) in [4.78, 5) is 51.6. The lowest BCUT2D eigenvalue weighted by Crippen LogP contribution is -2.40. The van der Waals surface area contributed by atoms with E-state index in [0.717, 1.165) is 23.8 Å². The number of amides is 1. The lowest BCUT2D eigenvalue weighted by Gasteiger charge is -2.24. The average molecular weight is 549 g/mol. The zero-order chi connectivity index (χ0) is 22.7. The number of halogens is 1. The maximum Gasteiger partial charge on any atom is 0.412 e. The maximum atomic E-state index is 12.7. The zero-order valence-corrected chi connectivity index (χ0v) is 19.5. The van der Waals surface area contributed by atoms with Gasteiger partial charge in [-0.2, -0.15) is 4.98 Å². The molecule has 2 heterocycles. The van der Waals surface area contributed by atoms with Gasteiger partial charge in [-0.25, -0.2) is 9.59 Å². The number of hydrogen-bond donors (Lipinski definition) is 1. The van der Waals surface area contributed by atoms with Crippen molar-refractivity contribution in [3.8, 4) is 0 Å². The van der Waals surface area contributed by atoms with Gasteiger partial charge in [0.05, 0.1) is 16.3 Å². The average Bonchev–Trinajstić information content (AvgIpc) is 2.91. The summed E-state index contributed by atoms with van der Waals surface area (Å²) in [5.74, 6) is -0.756. The largest absolute Gasteiger partial charge is 0.456 e. The summed E-state index contributed by atoms with van der Waals surface area (Å²) in [6.07, 6.45) is 0.316. The summed E-state index contributed by atoms with van der Waals surface area (Å²) in [7, 11) is 0. The van der Waals surface area contributed by atoms with Crippen LogP contribution in [0.1, 0.15) is 46.3 Å². The van der Waals surface area contributed by atoms with Crippen LogP contribution in [0.4, 0.5) is 10.6 Å². The van der Waals surface area contributed by atoms with Gasteiger partial charge in [-0.3, -0.25) is 19.5 Å². The van der Waals surface area contributed by atoms with E-state index in [9.17, 15) is 19.2 Å². The molecule has 2 aliphatic rings. The topological polar surface area (TPSA) is 135 Å². The number of anilines is 1. The van der Waals surface area contributed by atoms with Gasteiger partial charge < -0.3 is 18.9 Å². The minimum Gasteiger partial charge on any atom is -0.456 e. The second kappa shape index (κ2) is 9.94. The molecule has 0 aromatic carbocycles. The smallest absolute Gasteiger partial charge is 0.412 e. The summed E-state index contributed by atoms with van der Waals surface area (Å²) in [6.45, 7) is 4.40. The lowest BCUT2D eigenvalue weighted by molar-refractivity contribution is -0.165. The predicted octanol–water partition coefficient (Wildman–Crippen LogP) is 1.98. The Labute approximate surface area is 191 Å². The van der Waals surface area contributed by atoms with Crippen molar-refractivity contribution < 1.29 is 33.3 Å². The van der Waals surface area contributed by atoms with Crippen LogP contribution in [0.15, 0.2) is 11.0 Å². The predicted molar refractivity (Wildman–Crippen MR) is 114 cm³/mol. The highest BCUT2D eigenvalue weighted by molar-refractivity contribution is 14.1. The monoisotopic (exact) mass is 549 g/mol. The molecule has 1 aliphatic carbocycles. The Bertz CT molecular complexity index is 916. The van der Waals surface area contributed by atoms with E-state index >= 15 is 0 Å². The molecule has 1 aromatic rings. The van der Waals surface area contributed by atoms with E-state index in [1.54, 1.807) is 6.92 Å². The number of ether oxygens (including phenoxy) is 4. The molecule has 1 saturated heterocycles. The molecule has 11 nitrogen and oxygen atoms in total. The Balaban J connectivity index is 1.78. The fourth-order valence-corrected chi connectivity index (χ4v) is 3.96. The molecule has 31 heavy (non-hydrogen) atoms. The Hall–Kier alpha value is -2.22. The highest BCUT2D eigenvalue weighted by atomic mass is 127. The van der Waals surface area contributed by atoms with Gasteiger partial charge in [-0.1, -0.05) is 6.42 Å². The summed E-state index contributed by atoms with van der Waals surface area (Å²) < 4.78 is 23.1. The molecule has 0 unspecified atom stereocenters. The first kappa shape index (κ1) is 23.4. The van der Waals surface area contributed by atoms with Gasteiger partial charge in [0, 0.05) is 20.0 Å². The highest BCUT2D eigenvalue weighted by Gasteiger charge is 2.48. The Morgan fingerprint density at radius 3 is 2.45 bits per heavy atom. The molecule has 1 saturated carbocycles. The van der Waals surface area contributed by atoms with Crippen LogP contribution in [0.25, 0.3) is 0 Å². The van der Waals surface area contributed by atoms with Crippen molar-refractivity contribution in [2.75, 3.05) is 11.9 Å². The third-order valence-electron chi connectivity index (χ3n) is 5.10. The first-order valence-corrected chi connectivity index (χ1v) is 11.0. The molecule has 1 aromatic heterocycles. The molecule has 170 valence electrons. The minimum absolute atomic E-state index is 0.0482. The molecule has 0 spiro atoms. The normalized spacial score (nSPS) is 25.4. The van der Waals surface area contributed by atoms with E-state index < -0.39 is 48.3 Å². The standard InChI is InChI=1S/C19H24IN3O8/c1-9-14(30-10(2)24)15(31-11(3)25)17(29-9)23-7-13(20)16(21-18(23)26)22-19(27)28-8-12-5-4-6-12/h7,9,12,14-15,17H,4-6,8H2,1-3H3,(H,21,22,26,27)/t9-,14-,15-,17-/m1/s1. The molecule has 0 radical (unpaired) electrons. The number of aromatic nitrogens is 2. The summed E-state index contributed by atoms with van der Waals surface area (Å²) in [6, 6.07) is 0. The van der Waals surface area contributed by atoms with Crippen molar-refractivity contribution in [1.82, 2.24) is 9.55 Å². The van der Waals surface area contributed by atoms with Crippen molar-refractivity contribution in [2.24, 2.45) is 5.92 Å². The summed E-state index contributed by atoms with van der Waals surface area (Å²) in [5.41, 5.74) is -0.743. The van der Waals surface area contributed by atoms with Crippen LogP contribution in [-0.2, 0) is 28.5 Å². The molecule has 4 atom stereocenters. The number of carbonyl (C=O) groups is 3. The van der Waals surface area contributed by atoms with Crippen LogP contribution in [0.2, 0.25) is 0 Å². The number of esters is 2. The van der Waals surface area contributed by atoms with Crippen LogP contribution in [-0.4, -0.2) is 52.5 Å². The van der Waals surface area contributed by atoms with E-state index in [-0.39, 0.29) is 5.82 Å². The molecular formula is C19H24IN3O8. The van der Waals surface area contributed by atoms with Crippen molar-refractivity contribution in [3.63, 3.8) is 0 Å². The van der Waals surface area contributed by atoms with Crippen LogP contribution in [0, 0.1) is 9.49 Å². The van der Waals surface area contributed by atoms with Gasteiger partial charge in [0.2, 0.25) is 0 Å². The first-order valence-electron chi connectivity index (χ1n) is 9.88. The zero-order valence-electron chi connectivity index (χ0n) is 17.3. The van der Waals surface area contributed by atoms with Crippen molar-refractivity contribution in [2.45, 2.75) is 64.6 Å². The van der Waals surface area contributed by atoms with E-state index in [1.165, 1.54) is 20.0 Å². The number of nitrogens with zero attached hydrogens (tertiary/aromatic N) is 2. The van der Waals surface area contributed by atoms with E-state index in [2.05, 4.69) is 10.3 Å². The second-order valence-corrected chi connectivity index (χ2v) is 8.69. The van der Waals surface area contributed by atoms with Gasteiger partial charge in [-0.05, 0) is 48.3 Å². The Morgan fingerprint density at radius 1 is 1.23 bits per heavy atom. The van der Waals surface area contributed by atoms with E-state index in [1.807, 2.05) is 22.6 Å². The fraction of sp³-hybridized carbons (Fsp3) is 0.632. The van der Waals surface area contributed by atoms with Crippen LogP contribution in [0.3, 0.4) is 0 Å². The number of rotatable bonds is 6. The van der Waals surface area contributed by atoms with Gasteiger partial charge in [0.25, 0.3) is 0 Å². The van der Waals surface area contributed by atoms with Gasteiger partial charge in [-0.15, -0.1) is 0 Å². The lowest BCUT2D eigenvalue weighted by atomic mass is 9.86. The number of nitrogens with one attached hydrogen (secondary N) is 1. The molecular weight excluding hydrogens is 525 g/mol. The number of hydrogen-bond acceptors (Lipinski definition) is 9. The van der Waals surface area contributed by atoms with Crippen LogP contribution in [0.5, 0.6) is 0 Å². The molecule has 2 fully saturated rings. The Kier molecular flexibility index (Phi) is 7.51.